The molecule has 0 unspecified atom stereocenters. The molecule has 1 aliphatic carbocycles. The number of ether oxygens (including phenoxy) is 1. The average Bonchev–Trinajstić information content (AvgIpc) is 2.58. The quantitative estimate of drug-likeness (QED) is 0.522. The van der Waals surface area contributed by atoms with Gasteiger partial charge in [-0.1, -0.05) is 12.2 Å². The van der Waals surface area contributed by atoms with Gasteiger partial charge in [-0.25, -0.2) is 0 Å². The van der Waals surface area contributed by atoms with E-state index >= 15 is 0 Å². The summed E-state index contributed by atoms with van der Waals surface area (Å²) in [4.78, 5) is 2.52. The Hall–Kier alpha value is -0.340. The minimum absolute atomic E-state index is 0.721. The molecule has 1 fully saturated rings. The lowest BCUT2D eigenvalue weighted by Gasteiger charge is -2.31. The molecule has 0 aromatic rings. The van der Waals surface area contributed by atoms with E-state index in [2.05, 4.69) is 17.1 Å². The van der Waals surface area contributed by atoms with E-state index in [1.54, 1.807) is 0 Å². The Morgan fingerprint density at radius 3 is 2.73 bits per heavy atom. The molecule has 0 N–H and O–H groups in total. The van der Waals surface area contributed by atoms with E-state index < -0.39 is 0 Å². The molecule has 11 heavy (non-hydrogen) atoms. The van der Waals surface area contributed by atoms with Crippen LogP contribution < -0.4 is 0 Å². The second-order valence-electron chi connectivity index (χ2n) is 3.22. The fraction of sp³-hybridized carbons (Fsp3) is 0.778. The molecule has 0 spiro atoms. The smallest absolute Gasteiger partial charge is 0.0594 e. The molecule has 0 aromatic heterocycles. The van der Waals surface area contributed by atoms with Crippen LogP contribution in [0.4, 0.5) is 0 Å². The van der Waals surface area contributed by atoms with Crippen LogP contribution in [0, 0.1) is 0 Å². The fourth-order valence-electron chi connectivity index (χ4n) is 1.83. The molecule has 1 aliphatic heterocycles. The van der Waals surface area contributed by atoms with Crippen LogP contribution in [-0.2, 0) is 4.74 Å². The number of nitrogens with zero attached hydrogens (tertiary/aromatic N) is 1. The molecule has 0 radical (unpaired) electrons. The fourth-order valence-corrected chi connectivity index (χ4v) is 1.83. The lowest BCUT2D eigenvalue weighted by molar-refractivity contribution is 0.0257. The maximum Gasteiger partial charge on any atom is 0.0594 e. The number of rotatable bonds is 1. The Kier molecular flexibility index (Phi) is 2.24. The average molecular weight is 153 g/mol. The van der Waals surface area contributed by atoms with Crippen molar-refractivity contribution < 1.29 is 4.74 Å². The molecule has 2 rings (SSSR count). The first-order valence-corrected chi connectivity index (χ1v) is 4.45. The largest absolute Gasteiger partial charge is 0.379 e. The highest BCUT2D eigenvalue weighted by Gasteiger charge is 2.19. The molecule has 1 saturated heterocycles. The van der Waals surface area contributed by atoms with E-state index in [-0.39, 0.29) is 0 Å². The topological polar surface area (TPSA) is 12.5 Å². The number of allylic oxidation sites excluding steroid dienone is 1. The second-order valence-corrected chi connectivity index (χ2v) is 3.22. The Morgan fingerprint density at radius 2 is 2.09 bits per heavy atom. The number of hydrogen-bond donors (Lipinski definition) is 0. The molecule has 0 aromatic carbocycles. The zero-order chi connectivity index (χ0) is 7.52. The third-order valence-electron chi connectivity index (χ3n) is 2.50. The summed E-state index contributed by atoms with van der Waals surface area (Å²) in [6.45, 7) is 4.08. The maximum atomic E-state index is 5.29. The van der Waals surface area contributed by atoms with Crippen molar-refractivity contribution in [3.8, 4) is 0 Å². The van der Waals surface area contributed by atoms with Gasteiger partial charge in [0, 0.05) is 19.1 Å². The normalized spacial score (nSPS) is 32.9. The van der Waals surface area contributed by atoms with E-state index in [0.29, 0.717) is 0 Å². The van der Waals surface area contributed by atoms with Gasteiger partial charge in [0.2, 0.25) is 0 Å². The van der Waals surface area contributed by atoms with E-state index in [1.807, 2.05) is 0 Å². The highest BCUT2D eigenvalue weighted by atomic mass is 16.5. The first-order valence-electron chi connectivity index (χ1n) is 4.45. The lowest BCUT2D eigenvalue weighted by atomic mass is 10.2. The molecule has 1 heterocycles. The van der Waals surface area contributed by atoms with Crippen molar-refractivity contribution in [3.63, 3.8) is 0 Å². The van der Waals surface area contributed by atoms with E-state index in [0.717, 1.165) is 32.3 Å². The third kappa shape index (κ3) is 1.63. The summed E-state index contributed by atoms with van der Waals surface area (Å²) in [5.41, 5.74) is 0. The molecule has 0 amide bonds. The van der Waals surface area contributed by atoms with Crippen LogP contribution in [-0.4, -0.2) is 37.2 Å². The minimum atomic E-state index is 0.721. The standard InChI is InChI=1S/C9H15NO/c1-2-4-9(3-1)10-5-7-11-8-6-10/h1,3,9H,2,4-8H2/t9-/m1/s1. The number of morpholine rings is 1. The van der Waals surface area contributed by atoms with Crippen LogP contribution in [0.1, 0.15) is 12.8 Å². The predicted octanol–water partition coefficient (Wildman–Crippen LogP) is 1.04. The van der Waals surface area contributed by atoms with Crippen molar-refractivity contribution >= 4 is 0 Å². The van der Waals surface area contributed by atoms with Crippen LogP contribution in [0.3, 0.4) is 0 Å². The van der Waals surface area contributed by atoms with Gasteiger partial charge < -0.3 is 4.74 Å². The summed E-state index contributed by atoms with van der Waals surface area (Å²) in [6.07, 6.45) is 7.22. The monoisotopic (exact) mass is 153 g/mol. The molecule has 1 atom stereocenters. The zero-order valence-electron chi connectivity index (χ0n) is 6.83. The SMILES string of the molecule is C1=C[C@@H](N2CCOCC2)CC1. The maximum absolute atomic E-state index is 5.29. The highest BCUT2D eigenvalue weighted by Crippen LogP contribution is 2.16. The molecule has 0 bridgehead atoms. The van der Waals surface area contributed by atoms with Gasteiger partial charge in [-0.05, 0) is 12.8 Å². The van der Waals surface area contributed by atoms with Gasteiger partial charge in [0.05, 0.1) is 13.2 Å². The molecule has 62 valence electrons. The summed E-state index contributed by atoms with van der Waals surface area (Å²) >= 11 is 0. The van der Waals surface area contributed by atoms with Crippen molar-refractivity contribution in [2.24, 2.45) is 0 Å². The number of hydrogen-bond acceptors (Lipinski definition) is 2. The van der Waals surface area contributed by atoms with Crippen LogP contribution in [0.2, 0.25) is 0 Å². The van der Waals surface area contributed by atoms with Gasteiger partial charge in [0.1, 0.15) is 0 Å². The molecule has 2 heteroatoms. The van der Waals surface area contributed by atoms with Crippen molar-refractivity contribution in [1.82, 2.24) is 4.90 Å². The summed E-state index contributed by atoms with van der Waals surface area (Å²) in [5.74, 6) is 0. The van der Waals surface area contributed by atoms with Gasteiger partial charge in [-0.2, -0.15) is 0 Å². The van der Waals surface area contributed by atoms with Crippen LogP contribution in [0.5, 0.6) is 0 Å². The van der Waals surface area contributed by atoms with Crippen molar-refractivity contribution in [2.75, 3.05) is 26.3 Å². The zero-order valence-corrected chi connectivity index (χ0v) is 6.83. The molecular formula is C9H15NO. The first-order chi connectivity index (χ1) is 5.47. The summed E-state index contributed by atoms with van der Waals surface area (Å²) < 4.78 is 5.29. The Morgan fingerprint density at radius 1 is 1.27 bits per heavy atom. The second kappa shape index (κ2) is 3.37. The van der Waals surface area contributed by atoms with Gasteiger partial charge in [-0.3, -0.25) is 4.90 Å². The van der Waals surface area contributed by atoms with E-state index in [1.165, 1.54) is 12.8 Å². The molecule has 0 saturated carbocycles. The van der Waals surface area contributed by atoms with Gasteiger partial charge in [0.15, 0.2) is 0 Å². The van der Waals surface area contributed by atoms with Crippen molar-refractivity contribution in [3.05, 3.63) is 12.2 Å². The molecule has 2 aliphatic rings. The van der Waals surface area contributed by atoms with Crippen LogP contribution in [0.25, 0.3) is 0 Å². The van der Waals surface area contributed by atoms with Crippen LogP contribution in [0.15, 0.2) is 12.2 Å². The first kappa shape index (κ1) is 7.32. The van der Waals surface area contributed by atoms with Gasteiger partial charge >= 0.3 is 0 Å². The Bertz CT molecular complexity index is 150. The summed E-state index contributed by atoms with van der Waals surface area (Å²) in [7, 11) is 0. The Balaban J connectivity index is 1.87. The van der Waals surface area contributed by atoms with E-state index in [9.17, 15) is 0 Å². The van der Waals surface area contributed by atoms with Gasteiger partial charge in [-0.15, -0.1) is 0 Å². The summed E-state index contributed by atoms with van der Waals surface area (Å²) in [6, 6.07) is 0.721. The third-order valence-corrected chi connectivity index (χ3v) is 2.50. The Labute approximate surface area is 67.8 Å². The molecular weight excluding hydrogens is 138 g/mol. The highest BCUT2D eigenvalue weighted by molar-refractivity contribution is 5.02. The van der Waals surface area contributed by atoms with E-state index in [4.69, 9.17) is 4.74 Å². The minimum Gasteiger partial charge on any atom is -0.379 e. The van der Waals surface area contributed by atoms with Crippen molar-refractivity contribution in [1.29, 1.82) is 0 Å². The molecule has 2 nitrogen and oxygen atoms in total. The predicted molar refractivity (Wildman–Crippen MR) is 44.6 cm³/mol. The van der Waals surface area contributed by atoms with Gasteiger partial charge in [0.25, 0.3) is 0 Å². The lowest BCUT2D eigenvalue weighted by Crippen LogP contribution is -2.41. The summed E-state index contributed by atoms with van der Waals surface area (Å²) in [5, 5.41) is 0. The van der Waals surface area contributed by atoms with Crippen molar-refractivity contribution in [2.45, 2.75) is 18.9 Å². The van der Waals surface area contributed by atoms with Crippen LogP contribution >= 0.6 is 0 Å².